The maximum atomic E-state index is 14.9. The number of imide groups is 1. The summed E-state index contributed by atoms with van der Waals surface area (Å²) >= 11 is 6.02. The number of hydrogen-bond acceptors (Lipinski definition) is 4. The number of carbonyl (C=O) groups is 4. The van der Waals surface area contributed by atoms with Gasteiger partial charge in [0.2, 0.25) is 11.8 Å². The number of nitrogens with zero attached hydrogens (tertiary/aromatic N) is 2. The van der Waals surface area contributed by atoms with Gasteiger partial charge < -0.3 is 10.0 Å². The Morgan fingerprint density at radius 1 is 1.21 bits per heavy atom. The molecule has 172 valence electrons. The first-order valence-electron chi connectivity index (χ1n) is 9.99. The van der Waals surface area contributed by atoms with Gasteiger partial charge in [-0.15, -0.1) is 0 Å². The topological polar surface area (TPSA) is 107 Å². The van der Waals surface area contributed by atoms with Crippen molar-refractivity contribution >= 4 is 41.1 Å². The van der Waals surface area contributed by atoms with E-state index in [1.165, 1.54) is 17.0 Å². The Balaban J connectivity index is 1.64. The molecule has 1 unspecified atom stereocenters. The molecular weight excluding hydrogens is 460 g/mol. The lowest BCUT2D eigenvalue weighted by Gasteiger charge is -2.29. The van der Waals surface area contributed by atoms with Gasteiger partial charge in [0.05, 0.1) is 18.8 Å². The van der Waals surface area contributed by atoms with Crippen LogP contribution in [0.2, 0.25) is 5.02 Å². The molecule has 33 heavy (non-hydrogen) atoms. The van der Waals surface area contributed by atoms with Gasteiger partial charge in [-0.2, -0.15) is 0 Å². The Morgan fingerprint density at radius 3 is 2.61 bits per heavy atom. The van der Waals surface area contributed by atoms with Crippen molar-refractivity contribution in [3.8, 4) is 0 Å². The Bertz CT molecular complexity index is 1220. The molecule has 2 aromatic carbocycles. The number of benzene rings is 2. The van der Waals surface area contributed by atoms with E-state index in [9.17, 15) is 33.1 Å². The fraction of sp³-hybridized carbons (Fsp3) is 0.273. The van der Waals surface area contributed by atoms with Crippen LogP contribution in [-0.4, -0.2) is 39.9 Å². The number of halogens is 3. The first-order chi connectivity index (χ1) is 15.6. The normalized spacial score (nSPS) is 17.8. The molecule has 4 amide bonds. The van der Waals surface area contributed by atoms with E-state index >= 15 is 0 Å². The Kier molecular flexibility index (Phi) is 5.79. The second-order valence-electron chi connectivity index (χ2n) is 7.93. The summed E-state index contributed by atoms with van der Waals surface area (Å²) in [4.78, 5) is 50.2. The molecular formula is C22H18ClF2N3O5. The molecule has 1 fully saturated rings. The maximum Gasteiger partial charge on any atom is 0.412 e. The molecule has 0 aromatic heterocycles. The van der Waals surface area contributed by atoms with Crippen molar-refractivity contribution < 1.29 is 33.1 Å². The van der Waals surface area contributed by atoms with Crippen LogP contribution in [0.25, 0.3) is 0 Å². The van der Waals surface area contributed by atoms with Crippen LogP contribution in [0.5, 0.6) is 0 Å². The van der Waals surface area contributed by atoms with Crippen LogP contribution < -0.4 is 10.2 Å². The van der Waals surface area contributed by atoms with Crippen LogP contribution in [0.1, 0.15) is 39.9 Å². The van der Waals surface area contributed by atoms with Gasteiger partial charge in [-0.1, -0.05) is 11.6 Å². The summed E-state index contributed by atoms with van der Waals surface area (Å²) in [6.07, 6.45) is -1.31. The minimum absolute atomic E-state index is 0.0116. The van der Waals surface area contributed by atoms with E-state index in [4.69, 9.17) is 11.6 Å². The van der Waals surface area contributed by atoms with E-state index in [1.807, 2.05) is 0 Å². The van der Waals surface area contributed by atoms with Crippen molar-refractivity contribution in [1.82, 2.24) is 10.2 Å². The molecule has 2 heterocycles. The molecule has 1 atom stereocenters. The molecule has 1 saturated heterocycles. The molecule has 11 heteroatoms. The van der Waals surface area contributed by atoms with Gasteiger partial charge in [-0.25, -0.2) is 13.6 Å². The lowest BCUT2D eigenvalue weighted by atomic mass is 10.0. The second-order valence-corrected chi connectivity index (χ2v) is 8.33. The number of aryl methyl sites for hydroxylation is 1. The average Bonchev–Trinajstić information content (AvgIpc) is 3.06. The van der Waals surface area contributed by atoms with E-state index in [-0.39, 0.29) is 46.8 Å². The van der Waals surface area contributed by atoms with Gasteiger partial charge in [-0.05, 0) is 48.7 Å². The van der Waals surface area contributed by atoms with Crippen LogP contribution in [0.4, 0.5) is 19.3 Å². The van der Waals surface area contributed by atoms with Crippen LogP contribution in [0.15, 0.2) is 24.3 Å². The molecule has 0 saturated carbocycles. The maximum absolute atomic E-state index is 14.9. The molecule has 0 radical (unpaired) electrons. The summed E-state index contributed by atoms with van der Waals surface area (Å²) in [7, 11) is 0. The standard InChI is InChI=1S/C22H18ClF2N3O5/c1-10-4-16(25)18(7-14(10)23)28(22(32)33)8-11-5-12-13(15(24)6-11)9-27(21(12)31)17-2-3-19(29)26-20(17)30/h4-7,17H,2-3,8-9H2,1H3,(H,32,33)(H,26,29,30). The number of hydrogen-bond donors (Lipinski definition) is 2. The van der Waals surface area contributed by atoms with Crippen molar-refractivity contribution in [3.05, 3.63) is 63.2 Å². The van der Waals surface area contributed by atoms with E-state index in [2.05, 4.69) is 5.32 Å². The highest BCUT2D eigenvalue weighted by Gasteiger charge is 2.40. The highest BCUT2D eigenvalue weighted by molar-refractivity contribution is 6.31. The van der Waals surface area contributed by atoms with Crippen molar-refractivity contribution in [2.75, 3.05) is 4.90 Å². The molecule has 2 aliphatic rings. The monoisotopic (exact) mass is 477 g/mol. The Hall–Kier alpha value is -3.53. The SMILES string of the molecule is Cc1cc(F)c(N(Cc2cc(F)c3c(c2)C(=O)N(C2CCC(=O)NC2=O)C3)C(=O)O)cc1Cl. The van der Waals surface area contributed by atoms with Gasteiger partial charge in [0.15, 0.2) is 0 Å². The van der Waals surface area contributed by atoms with E-state index in [0.717, 1.165) is 12.1 Å². The molecule has 4 rings (SSSR count). The number of carboxylic acid groups (broad SMARTS) is 1. The number of rotatable bonds is 4. The minimum Gasteiger partial charge on any atom is -0.465 e. The molecule has 0 spiro atoms. The molecule has 2 aliphatic heterocycles. The summed E-state index contributed by atoms with van der Waals surface area (Å²) < 4.78 is 29.3. The molecule has 8 nitrogen and oxygen atoms in total. The summed E-state index contributed by atoms with van der Waals surface area (Å²) in [5.74, 6) is -3.24. The third-order valence-electron chi connectivity index (χ3n) is 5.75. The number of piperidine rings is 1. The van der Waals surface area contributed by atoms with Gasteiger partial charge in [0, 0.05) is 22.6 Å². The summed E-state index contributed by atoms with van der Waals surface area (Å²) in [5, 5.41) is 12.0. The van der Waals surface area contributed by atoms with Crippen LogP contribution in [0.3, 0.4) is 0 Å². The van der Waals surface area contributed by atoms with Crippen LogP contribution in [-0.2, 0) is 22.7 Å². The molecule has 0 bridgehead atoms. The fourth-order valence-electron chi connectivity index (χ4n) is 4.04. The van der Waals surface area contributed by atoms with Gasteiger partial charge >= 0.3 is 6.09 Å². The highest BCUT2D eigenvalue weighted by atomic mass is 35.5. The Morgan fingerprint density at radius 2 is 1.94 bits per heavy atom. The average molecular weight is 478 g/mol. The lowest BCUT2D eigenvalue weighted by molar-refractivity contribution is -0.136. The van der Waals surface area contributed by atoms with Crippen molar-refractivity contribution in [2.45, 2.75) is 38.9 Å². The lowest BCUT2D eigenvalue weighted by Crippen LogP contribution is -2.52. The van der Waals surface area contributed by atoms with Gasteiger partial charge in [0.1, 0.15) is 17.7 Å². The third-order valence-corrected chi connectivity index (χ3v) is 6.16. The second kappa shape index (κ2) is 8.43. The highest BCUT2D eigenvalue weighted by Crippen LogP contribution is 2.32. The van der Waals surface area contributed by atoms with Crippen LogP contribution >= 0.6 is 11.6 Å². The number of amides is 4. The van der Waals surface area contributed by atoms with Crippen LogP contribution in [0, 0.1) is 18.6 Å². The van der Waals surface area contributed by atoms with Crippen molar-refractivity contribution in [3.63, 3.8) is 0 Å². The molecule has 0 aliphatic carbocycles. The van der Waals surface area contributed by atoms with Gasteiger partial charge in [0.25, 0.3) is 5.91 Å². The zero-order chi connectivity index (χ0) is 24.0. The largest absolute Gasteiger partial charge is 0.465 e. The first kappa shape index (κ1) is 22.7. The number of carbonyl (C=O) groups excluding carboxylic acids is 3. The third kappa shape index (κ3) is 4.13. The van der Waals surface area contributed by atoms with E-state index in [1.54, 1.807) is 6.92 Å². The first-order valence-corrected chi connectivity index (χ1v) is 10.4. The minimum atomic E-state index is -1.49. The summed E-state index contributed by atoms with van der Waals surface area (Å²) in [6.45, 7) is 0.967. The van der Waals surface area contributed by atoms with Gasteiger partial charge in [-0.3, -0.25) is 24.6 Å². The fourth-order valence-corrected chi connectivity index (χ4v) is 4.20. The summed E-state index contributed by atoms with van der Waals surface area (Å²) in [5.41, 5.74) is 0.284. The number of nitrogens with one attached hydrogen (secondary N) is 1. The quantitative estimate of drug-likeness (QED) is 0.657. The van der Waals surface area contributed by atoms with Crippen molar-refractivity contribution in [1.29, 1.82) is 0 Å². The predicted octanol–water partition coefficient (Wildman–Crippen LogP) is 3.37. The number of anilines is 1. The zero-order valence-electron chi connectivity index (χ0n) is 17.3. The van der Waals surface area contributed by atoms with E-state index in [0.29, 0.717) is 10.5 Å². The molecule has 2 aromatic rings. The summed E-state index contributed by atoms with van der Waals surface area (Å²) in [6, 6.07) is 3.75. The zero-order valence-corrected chi connectivity index (χ0v) is 18.1. The van der Waals surface area contributed by atoms with E-state index < -0.39 is 48.0 Å². The molecule has 2 N–H and O–H groups in total. The number of fused-ring (bicyclic) bond motifs is 1. The van der Waals surface area contributed by atoms with Crippen molar-refractivity contribution in [2.24, 2.45) is 0 Å². The predicted molar refractivity (Wildman–Crippen MR) is 113 cm³/mol. The Labute approximate surface area is 191 Å². The smallest absolute Gasteiger partial charge is 0.412 e.